The van der Waals surface area contributed by atoms with Crippen molar-refractivity contribution in [3.63, 3.8) is 0 Å². The number of benzene rings is 1. The highest BCUT2D eigenvalue weighted by molar-refractivity contribution is 9.11. The molecule has 1 N–H and O–H groups in total. The smallest absolute Gasteiger partial charge is 0.160 e. The molecule has 1 aromatic carbocycles. The average molecular weight is 230 g/mol. The highest BCUT2D eigenvalue weighted by Crippen LogP contribution is 2.30. The van der Waals surface area contributed by atoms with E-state index in [0.29, 0.717) is 5.52 Å². The molecule has 1 aromatic heterocycles. The highest BCUT2D eigenvalue weighted by Gasteiger charge is 2.03. The summed E-state index contributed by atoms with van der Waals surface area (Å²) in [6.07, 6.45) is 0. The molecular formula is C7H4BrNOS. The lowest BCUT2D eigenvalue weighted by atomic mass is 10.3. The minimum Gasteiger partial charge on any atom is -0.506 e. The van der Waals surface area contributed by atoms with E-state index in [0.717, 1.165) is 8.62 Å². The summed E-state index contributed by atoms with van der Waals surface area (Å²) in [5.74, 6) is 0.240. The third-order valence-electron chi connectivity index (χ3n) is 1.37. The maximum Gasteiger partial charge on any atom is 0.160 e. The molecule has 0 spiro atoms. The van der Waals surface area contributed by atoms with Gasteiger partial charge in [0.05, 0.1) is 4.70 Å². The van der Waals surface area contributed by atoms with Crippen molar-refractivity contribution in [3.05, 3.63) is 22.1 Å². The molecule has 0 fully saturated rings. The lowest BCUT2D eigenvalue weighted by molar-refractivity contribution is 0.480. The van der Waals surface area contributed by atoms with Crippen LogP contribution < -0.4 is 0 Å². The van der Waals surface area contributed by atoms with E-state index in [1.165, 1.54) is 11.3 Å². The van der Waals surface area contributed by atoms with Crippen molar-refractivity contribution in [2.75, 3.05) is 0 Å². The number of aromatic hydroxyl groups is 1. The lowest BCUT2D eigenvalue weighted by Gasteiger charge is -1.89. The van der Waals surface area contributed by atoms with Gasteiger partial charge in [-0.25, -0.2) is 4.98 Å². The largest absolute Gasteiger partial charge is 0.506 e. The molecule has 2 aromatic rings. The quantitative estimate of drug-likeness (QED) is 0.754. The fraction of sp³-hybridized carbons (Fsp3) is 0. The number of fused-ring (bicyclic) bond motifs is 1. The first-order chi connectivity index (χ1) is 5.27. The molecule has 0 unspecified atom stereocenters. The summed E-state index contributed by atoms with van der Waals surface area (Å²) in [4.78, 5) is 4.10. The summed E-state index contributed by atoms with van der Waals surface area (Å²) in [5, 5.41) is 9.31. The molecule has 0 atom stereocenters. The molecule has 0 saturated carbocycles. The third kappa shape index (κ3) is 1.12. The predicted octanol–water partition coefficient (Wildman–Crippen LogP) is 2.76. The van der Waals surface area contributed by atoms with Crippen molar-refractivity contribution >= 4 is 37.5 Å². The summed E-state index contributed by atoms with van der Waals surface area (Å²) in [6, 6.07) is 5.37. The molecule has 0 aliphatic heterocycles. The second-order valence-corrected chi connectivity index (χ2v) is 4.40. The van der Waals surface area contributed by atoms with Gasteiger partial charge in [-0.2, -0.15) is 0 Å². The van der Waals surface area contributed by atoms with E-state index in [9.17, 15) is 5.11 Å². The number of nitrogens with zero attached hydrogens (tertiary/aromatic N) is 1. The van der Waals surface area contributed by atoms with Gasteiger partial charge in [-0.3, -0.25) is 0 Å². The van der Waals surface area contributed by atoms with Crippen LogP contribution in [0.2, 0.25) is 0 Å². The second kappa shape index (κ2) is 2.46. The summed E-state index contributed by atoms with van der Waals surface area (Å²) >= 11 is 4.77. The number of phenols is 1. The molecule has 0 amide bonds. The summed E-state index contributed by atoms with van der Waals surface area (Å²) in [6.45, 7) is 0. The van der Waals surface area contributed by atoms with Crippen molar-refractivity contribution in [2.24, 2.45) is 0 Å². The Morgan fingerprint density at radius 3 is 3.00 bits per heavy atom. The zero-order valence-corrected chi connectivity index (χ0v) is 7.82. The van der Waals surface area contributed by atoms with E-state index in [2.05, 4.69) is 20.9 Å². The minimum atomic E-state index is 0.240. The molecule has 0 aliphatic rings. The van der Waals surface area contributed by atoms with Gasteiger partial charge in [0, 0.05) is 0 Å². The van der Waals surface area contributed by atoms with Gasteiger partial charge in [-0.05, 0) is 28.1 Å². The Labute approximate surface area is 75.6 Å². The molecule has 11 heavy (non-hydrogen) atoms. The molecule has 4 heteroatoms. The maximum atomic E-state index is 9.31. The second-order valence-electron chi connectivity index (χ2n) is 2.09. The molecule has 0 saturated heterocycles. The number of aromatic nitrogens is 1. The Bertz CT molecular complexity index is 398. The van der Waals surface area contributed by atoms with E-state index < -0.39 is 0 Å². The van der Waals surface area contributed by atoms with Gasteiger partial charge in [-0.1, -0.05) is 6.07 Å². The molecule has 56 valence electrons. The van der Waals surface area contributed by atoms with Crippen LogP contribution in [0.25, 0.3) is 10.2 Å². The molecule has 2 rings (SSSR count). The van der Waals surface area contributed by atoms with E-state index in [-0.39, 0.29) is 5.75 Å². The molecule has 0 bridgehead atoms. The van der Waals surface area contributed by atoms with Crippen molar-refractivity contribution in [1.82, 2.24) is 4.98 Å². The zero-order valence-electron chi connectivity index (χ0n) is 5.41. The van der Waals surface area contributed by atoms with Crippen molar-refractivity contribution in [3.8, 4) is 5.75 Å². The monoisotopic (exact) mass is 229 g/mol. The van der Waals surface area contributed by atoms with Crippen LogP contribution in [0.4, 0.5) is 0 Å². The molecule has 0 radical (unpaired) electrons. The molecular weight excluding hydrogens is 226 g/mol. The Balaban J connectivity index is 2.90. The lowest BCUT2D eigenvalue weighted by Crippen LogP contribution is -1.67. The number of hydrogen-bond acceptors (Lipinski definition) is 3. The van der Waals surface area contributed by atoms with E-state index in [4.69, 9.17) is 0 Å². The van der Waals surface area contributed by atoms with Crippen molar-refractivity contribution in [1.29, 1.82) is 0 Å². The van der Waals surface area contributed by atoms with Gasteiger partial charge in [0.2, 0.25) is 0 Å². The Hall–Kier alpha value is -0.610. The van der Waals surface area contributed by atoms with E-state index in [1.807, 2.05) is 12.1 Å². The van der Waals surface area contributed by atoms with Gasteiger partial charge < -0.3 is 5.11 Å². The summed E-state index contributed by atoms with van der Waals surface area (Å²) < 4.78 is 1.80. The van der Waals surface area contributed by atoms with Crippen LogP contribution in [0.1, 0.15) is 0 Å². The number of phenolic OH excluding ortho intramolecular Hbond substituents is 1. The van der Waals surface area contributed by atoms with Gasteiger partial charge in [0.1, 0.15) is 11.3 Å². The number of rotatable bonds is 0. The van der Waals surface area contributed by atoms with Crippen LogP contribution in [0.5, 0.6) is 5.75 Å². The highest BCUT2D eigenvalue weighted by atomic mass is 79.9. The fourth-order valence-corrected chi connectivity index (χ4v) is 2.32. The number of halogens is 1. The van der Waals surface area contributed by atoms with Crippen LogP contribution in [-0.4, -0.2) is 10.1 Å². The summed E-state index contributed by atoms with van der Waals surface area (Å²) in [5.41, 5.74) is 0.671. The molecule has 0 aliphatic carbocycles. The minimum absolute atomic E-state index is 0.240. The first-order valence-corrected chi connectivity index (χ1v) is 4.62. The predicted molar refractivity (Wildman–Crippen MR) is 49.0 cm³/mol. The topological polar surface area (TPSA) is 33.1 Å². The van der Waals surface area contributed by atoms with Crippen LogP contribution in [-0.2, 0) is 0 Å². The first kappa shape index (κ1) is 7.06. The van der Waals surface area contributed by atoms with Crippen LogP contribution in [0, 0.1) is 0 Å². The molecule has 2 nitrogen and oxygen atoms in total. The van der Waals surface area contributed by atoms with Gasteiger partial charge in [0.25, 0.3) is 0 Å². The Kier molecular flexibility index (Phi) is 1.58. The number of hydrogen-bond donors (Lipinski definition) is 1. The number of thiazole rings is 1. The Morgan fingerprint density at radius 2 is 2.27 bits per heavy atom. The fourth-order valence-electron chi connectivity index (χ4n) is 0.907. The zero-order chi connectivity index (χ0) is 7.84. The normalized spacial score (nSPS) is 10.6. The van der Waals surface area contributed by atoms with Crippen LogP contribution in [0.3, 0.4) is 0 Å². The molecule has 1 heterocycles. The summed E-state index contributed by atoms with van der Waals surface area (Å²) in [7, 11) is 0. The number of para-hydroxylation sites is 1. The first-order valence-electron chi connectivity index (χ1n) is 3.01. The average Bonchev–Trinajstić information content (AvgIpc) is 2.31. The maximum absolute atomic E-state index is 9.31. The van der Waals surface area contributed by atoms with Crippen LogP contribution in [0.15, 0.2) is 22.1 Å². The van der Waals surface area contributed by atoms with Gasteiger partial charge in [0.15, 0.2) is 3.92 Å². The third-order valence-corrected chi connectivity index (χ3v) is 2.84. The van der Waals surface area contributed by atoms with Crippen molar-refractivity contribution < 1.29 is 5.11 Å². The Morgan fingerprint density at radius 1 is 1.45 bits per heavy atom. The van der Waals surface area contributed by atoms with Crippen LogP contribution >= 0.6 is 27.3 Å². The SMILES string of the molecule is Oc1cccc2sc(Br)nc12. The van der Waals surface area contributed by atoms with E-state index in [1.54, 1.807) is 6.07 Å². The van der Waals surface area contributed by atoms with Crippen molar-refractivity contribution in [2.45, 2.75) is 0 Å². The van der Waals surface area contributed by atoms with Gasteiger partial charge >= 0.3 is 0 Å². The standard InChI is InChI=1S/C7H4BrNOS/c8-7-9-6-4(10)2-1-3-5(6)11-7/h1-3,10H. The van der Waals surface area contributed by atoms with E-state index >= 15 is 0 Å². The van der Waals surface area contributed by atoms with Gasteiger partial charge in [-0.15, -0.1) is 11.3 Å².